The maximum absolute atomic E-state index is 4.87. The highest BCUT2D eigenvalue weighted by Gasteiger charge is 2.18. The summed E-state index contributed by atoms with van der Waals surface area (Å²) in [5, 5.41) is 3.49. The van der Waals surface area contributed by atoms with Crippen molar-refractivity contribution in [2.75, 3.05) is 24.5 Å². The third kappa shape index (κ3) is 4.78. The van der Waals surface area contributed by atoms with Crippen LogP contribution in [-0.4, -0.2) is 24.6 Å². The molecule has 1 aromatic rings. The third-order valence-electron chi connectivity index (χ3n) is 3.48. The molecule has 0 saturated carbocycles. The number of hydrogen-bond donors (Lipinski definition) is 1. The SMILES string of the molecule is CCCNCc1cc(N(CC)CC)nc(C(C)(C)C)c1. The molecule has 0 aromatic carbocycles. The van der Waals surface area contributed by atoms with Crippen molar-refractivity contribution in [3.8, 4) is 0 Å². The summed E-state index contributed by atoms with van der Waals surface area (Å²) in [5.41, 5.74) is 2.60. The Kier molecular flexibility index (Phi) is 6.47. The van der Waals surface area contributed by atoms with E-state index in [-0.39, 0.29) is 5.41 Å². The van der Waals surface area contributed by atoms with E-state index in [1.54, 1.807) is 0 Å². The van der Waals surface area contributed by atoms with Crippen LogP contribution in [0.4, 0.5) is 5.82 Å². The molecule has 0 amide bonds. The molecule has 0 saturated heterocycles. The molecule has 20 heavy (non-hydrogen) atoms. The van der Waals surface area contributed by atoms with E-state index in [2.05, 4.69) is 63.9 Å². The van der Waals surface area contributed by atoms with Crippen LogP contribution in [0.2, 0.25) is 0 Å². The largest absolute Gasteiger partial charge is 0.357 e. The molecule has 0 aliphatic heterocycles. The molecule has 114 valence electrons. The number of aromatic nitrogens is 1. The van der Waals surface area contributed by atoms with Crippen LogP contribution in [-0.2, 0) is 12.0 Å². The maximum Gasteiger partial charge on any atom is 0.129 e. The Morgan fingerprint density at radius 3 is 2.25 bits per heavy atom. The van der Waals surface area contributed by atoms with Crippen molar-refractivity contribution in [1.82, 2.24) is 10.3 Å². The minimum Gasteiger partial charge on any atom is -0.357 e. The van der Waals surface area contributed by atoms with Gasteiger partial charge in [0.25, 0.3) is 0 Å². The van der Waals surface area contributed by atoms with Crippen molar-refractivity contribution in [2.45, 2.75) is 59.9 Å². The molecule has 0 fully saturated rings. The third-order valence-corrected chi connectivity index (χ3v) is 3.48. The van der Waals surface area contributed by atoms with Gasteiger partial charge in [-0.25, -0.2) is 4.98 Å². The van der Waals surface area contributed by atoms with Crippen LogP contribution >= 0.6 is 0 Å². The molecule has 0 spiro atoms. The molecule has 0 bridgehead atoms. The van der Waals surface area contributed by atoms with Crippen LogP contribution in [0.3, 0.4) is 0 Å². The Bertz CT molecular complexity index is 403. The predicted molar refractivity (Wildman–Crippen MR) is 88.5 cm³/mol. The zero-order valence-corrected chi connectivity index (χ0v) is 14.1. The van der Waals surface area contributed by atoms with Gasteiger partial charge in [-0.15, -0.1) is 0 Å². The zero-order valence-electron chi connectivity index (χ0n) is 14.1. The molecule has 0 unspecified atom stereocenters. The molecular formula is C17H31N3. The predicted octanol–water partition coefficient (Wildman–Crippen LogP) is 3.72. The Morgan fingerprint density at radius 2 is 1.75 bits per heavy atom. The van der Waals surface area contributed by atoms with E-state index in [1.165, 1.54) is 17.7 Å². The average Bonchev–Trinajstić information content (AvgIpc) is 2.39. The van der Waals surface area contributed by atoms with Gasteiger partial charge in [-0.2, -0.15) is 0 Å². The molecule has 0 radical (unpaired) electrons. The zero-order chi connectivity index (χ0) is 15.2. The number of hydrogen-bond acceptors (Lipinski definition) is 3. The number of nitrogens with one attached hydrogen (secondary N) is 1. The molecule has 1 rings (SSSR count). The standard InChI is InChI=1S/C17H31N3/c1-7-10-18-13-14-11-15(17(4,5)6)19-16(12-14)20(8-2)9-3/h11-12,18H,7-10,13H2,1-6H3. The molecule has 1 N–H and O–H groups in total. The fourth-order valence-corrected chi connectivity index (χ4v) is 2.18. The molecule has 0 aliphatic carbocycles. The minimum absolute atomic E-state index is 0.0860. The molecular weight excluding hydrogens is 246 g/mol. The van der Waals surface area contributed by atoms with Gasteiger partial charge < -0.3 is 10.2 Å². The first-order valence-electron chi connectivity index (χ1n) is 7.89. The Hall–Kier alpha value is -1.09. The number of pyridine rings is 1. The number of nitrogens with zero attached hydrogens (tertiary/aromatic N) is 2. The number of rotatable bonds is 7. The highest BCUT2D eigenvalue weighted by Crippen LogP contribution is 2.25. The van der Waals surface area contributed by atoms with Crippen molar-refractivity contribution in [2.24, 2.45) is 0 Å². The van der Waals surface area contributed by atoms with Crippen molar-refractivity contribution in [3.05, 3.63) is 23.4 Å². The van der Waals surface area contributed by atoms with E-state index >= 15 is 0 Å². The molecule has 0 aliphatic rings. The lowest BCUT2D eigenvalue weighted by molar-refractivity contribution is 0.565. The quantitative estimate of drug-likeness (QED) is 0.770. The van der Waals surface area contributed by atoms with Gasteiger partial charge in [-0.3, -0.25) is 0 Å². The maximum atomic E-state index is 4.87. The van der Waals surface area contributed by atoms with Crippen molar-refractivity contribution in [3.63, 3.8) is 0 Å². The molecule has 1 heterocycles. The van der Waals surface area contributed by atoms with Crippen LogP contribution in [0.5, 0.6) is 0 Å². The van der Waals surface area contributed by atoms with Gasteiger partial charge in [0.15, 0.2) is 0 Å². The van der Waals surface area contributed by atoms with Gasteiger partial charge in [0.1, 0.15) is 5.82 Å². The van der Waals surface area contributed by atoms with E-state index in [1.807, 2.05) is 0 Å². The molecule has 0 atom stereocenters. The second kappa shape index (κ2) is 7.63. The number of anilines is 1. The van der Waals surface area contributed by atoms with E-state index in [9.17, 15) is 0 Å². The van der Waals surface area contributed by atoms with Gasteiger partial charge in [-0.1, -0.05) is 27.7 Å². The lowest BCUT2D eigenvalue weighted by Gasteiger charge is -2.25. The van der Waals surface area contributed by atoms with Gasteiger partial charge in [-0.05, 0) is 44.5 Å². The first-order valence-corrected chi connectivity index (χ1v) is 7.89. The summed E-state index contributed by atoms with van der Waals surface area (Å²) in [6.07, 6.45) is 1.17. The Morgan fingerprint density at radius 1 is 1.10 bits per heavy atom. The lowest BCUT2D eigenvalue weighted by Crippen LogP contribution is -2.25. The summed E-state index contributed by atoms with van der Waals surface area (Å²) in [6, 6.07) is 4.47. The summed E-state index contributed by atoms with van der Waals surface area (Å²) >= 11 is 0. The van der Waals surface area contributed by atoms with E-state index in [4.69, 9.17) is 4.98 Å². The highest BCUT2D eigenvalue weighted by molar-refractivity contribution is 5.43. The average molecular weight is 277 g/mol. The van der Waals surface area contributed by atoms with Crippen LogP contribution in [0.25, 0.3) is 0 Å². The van der Waals surface area contributed by atoms with E-state index < -0.39 is 0 Å². The van der Waals surface area contributed by atoms with E-state index in [0.29, 0.717) is 0 Å². The van der Waals surface area contributed by atoms with E-state index in [0.717, 1.165) is 32.0 Å². The van der Waals surface area contributed by atoms with Gasteiger partial charge >= 0.3 is 0 Å². The normalized spacial score (nSPS) is 11.7. The summed E-state index contributed by atoms with van der Waals surface area (Å²) in [4.78, 5) is 7.19. The Balaban J connectivity index is 3.07. The second-order valence-electron chi connectivity index (χ2n) is 6.32. The summed E-state index contributed by atoms with van der Waals surface area (Å²) in [5.74, 6) is 1.11. The topological polar surface area (TPSA) is 28.2 Å². The van der Waals surface area contributed by atoms with Crippen LogP contribution < -0.4 is 10.2 Å². The van der Waals surface area contributed by atoms with Gasteiger partial charge in [0, 0.05) is 30.7 Å². The lowest BCUT2D eigenvalue weighted by atomic mass is 9.90. The summed E-state index contributed by atoms with van der Waals surface area (Å²) in [6.45, 7) is 17.2. The van der Waals surface area contributed by atoms with Crippen molar-refractivity contribution < 1.29 is 0 Å². The fraction of sp³-hybridized carbons (Fsp3) is 0.706. The first-order chi connectivity index (χ1) is 9.42. The summed E-state index contributed by atoms with van der Waals surface area (Å²) in [7, 11) is 0. The molecule has 3 heteroatoms. The molecule has 3 nitrogen and oxygen atoms in total. The minimum atomic E-state index is 0.0860. The van der Waals surface area contributed by atoms with Crippen LogP contribution in [0, 0.1) is 0 Å². The monoisotopic (exact) mass is 277 g/mol. The van der Waals surface area contributed by atoms with Crippen LogP contribution in [0.1, 0.15) is 59.2 Å². The summed E-state index contributed by atoms with van der Waals surface area (Å²) < 4.78 is 0. The van der Waals surface area contributed by atoms with Gasteiger partial charge in [0.2, 0.25) is 0 Å². The fourth-order valence-electron chi connectivity index (χ4n) is 2.18. The smallest absolute Gasteiger partial charge is 0.129 e. The van der Waals surface area contributed by atoms with Crippen molar-refractivity contribution in [1.29, 1.82) is 0 Å². The van der Waals surface area contributed by atoms with Gasteiger partial charge in [0.05, 0.1) is 0 Å². The Labute approximate surface area is 124 Å². The first kappa shape index (κ1) is 17.0. The van der Waals surface area contributed by atoms with Crippen LogP contribution in [0.15, 0.2) is 12.1 Å². The second-order valence-corrected chi connectivity index (χ2v) is 6.32. The van der Waals surface area contributed by atoms with Crippen molar-refractivity contribution >= 4 is 5.82 Å². The molecule has 1 aromatic heterocycles. The highest BCUT2D eigenvalue weighted by atomic mass is 15.2.